The molecule has 1 heterocycles. The molecular formula is C14H17FN2O2. The number of hydrogen-bond donors (Lipinski definition) is 2. The van der Waals surface area contributed by atoms with E-state index >= 15 is 0 Å². The van der Waals surface area contributed by atoms with Crippen molar-refractivity contribution in [3.63, 3.8) is 0 Å². The van der Waals surface area contributed by atoms with Crippen molar-refractivity contribution in [2.45, 2.75) is 12.8 Å². The molecule has 5 heteroatoms. The number of benzene rings is 1. The zero-order valence-corrected chi connectivity index (χ0v) is 10.6. The maximum Gasteiger partial charge on any atom is 0.407 e. The van der Waals surface area contributed by atoms with Gasteiger partial charge >= 0.3 is 6.09 Å². The Kier molecular flexibility index (Phi) is 4.16. The lowest BCUT2D eigenvalue weighted by molar-refractivity contribution is 0.150. The summed E-state index contributed by atoms with van der Waals surface area (Å²) in [5.41, 5.74) is 7.75. The molecule has 4 nitrogen and oxygen atoms in total. The lowest BCUT2D eigenvalue weighted by Crippen LogP contribution is -2.33. The fourth-order valence-corrected chi connectivity index (χ4v) is 2.23. The standard InChI is InChI=1S/C14H17FN2O2/c15-13-9-10(3-6-16)1-2-12(13)11-4-7-17(8-5-11)14(18)19/h1-2,4,9H,3,5-8,16H2,(H,18,19). The average Bonchev–Trinajstić information content (AvgIpc) is 2.39. The number of rotatable bonds is 3. The van der Waals surface area contributed by atoms with Crippen molar-refractivity contribution in [1.29, 1.82) is 0 Å². The maximum absolute atomic E-state index is 14.0. The van der Waals surface area contributed by atoms with Crippen LogP contribution in [0.5, 0.6) is 0 Å². The first-order chi connectivity index (χ1) is 9.11. The normalized spacial score (nSPS) is 15.3. The van der Waals surface area contributed by atoms with E-state index in [2.05, 4.69) is 0 Å². The lowest BCUT2D eigenvalue weighted by Gasteiger charge is -2.24. The molecule has 102 valence electrons. The molecule has 1 aliphatic heterocycles. The molecule has 0 saturated carbocycles. The van der Waals surface area contributed by atoms with E-state index in [0.717, 1.165) is 11.1 Å². The van der Waals surface area contributed by atoms with Crippen LogP contribution < -0.4 is 5.73 Å². The number of amides is 1. The topological polar surface area (TPSA) is 66.6 Å². The second kappa shape index (κ2) is 5.84. The molecule has 0 bridgehead atoms. The summed E-state index contributed by atoms with van der Waals surface area (Å²) in [6.07, 6.45) is 2.04. The molecule has 1 aliphatic rings. The van der Waals surface area contributed by atoms with E-state index in [1.165, 1.54) is 11.0 Å². The van der Waals surface area contributed by atoms with Crippen molar-refractivity contribution in [3.8, 4) is 0 Å². The van der Waals surface area contributed by atoms with Gasteiger partial charge in [0.05, 0.1) is 0 Å². The summed E-state index contributed by atoms with van der Waals surface area (Å²) in [4.78, 5) is 12.1. The van der Waals surface area contributed by atoms with E-state index in [1.807, 2.05) is 6.07 Å². The van der Waals surface area contributed by atoms with E-state index < -0.39 is 6.09 Å². The number of carboxylic acid groups (broad SMARTS) is 1. The molecule has 0 atom stereocenters. The minimum absolute atomic E-state index is 0.263. The van der Waals surface area contributed by atoms with Crippen LogP contribution in [0.25, 0.3) is 5.57 Å². The Morgan fingerprint density at radius 1 is 1.47 bits per heavy atom. The molecule has 3 N–H and O–H groups in total. The molecule has 0 fully saturated rings. The first-order valence-corrected chi connectivity index (χ1v) is 6.27. The lowest BCUT2D eigenvalue weighted by atomic mass is 9.97. The van der Waals surface area contributed by atoms with Crippen LogP contribution in [-0.4, -0.2) is 35.7 Å². The van der Waals surface area contributed by atoms with Crippen LogP contribution in [0.2, 0.25) is 0 Å². The quantitative estimate of drug-likeness (QED) is 0.878. The van der Waals surface area contributed by atoms with E-state index in [4.69, 9.17) is 10.8 Å². The van der Waals surface area contributed by atoms with Crippen LogP contribution in [0, 0.1) is 5.82 Å². The van der Waals surface area contributed by atoms with Gasteiger partial charge in [-0.1, -0.05) is 18.2 Å². The van der Waals surface area contributed by atoms with Gasteiger partial charge in [-0.05, 0) is 36.6 Å². The number of nitrogens with zero attached hydrogens (tertiary/aromatic N) is 1. The van der Waals surface area contributed by atoms with Crippen LogP contribution in [0.3, 0.4) is 0 Å². The van der Waals surface area contributed by atoms with Gasteiger partial charge < -0.3 is 15.7 Å². The molecule has 0 saturated heterocycles. The molecule has 0 spiro atoms. The van der Waals surface area contributed by atoms with Gasteiger partial charge in [-0.3, -0.25) is 0 Å². The average molecular weight is 264 g/mol. The summed E-state index contributed by atoms with van der Waals surface area (Å²) in [6, 6.07) is 5.13. The van der Waals surface area contributed by atoms with Gasteiger partial charge in [-0.25, -0.2) is 9.18 Å². The van der Waals surface area contributed by atoms with Crippen LogP contribution >= 0.6 is 0 Å². The van der Waals surface area contributed by atoms with Crippen LogP contribution in [0.15, 0.2) is 24.3 Å². The summed E-state index contributed by atoms with van der Waals surface area (Å²) in [5.74, 6) is -0.263. The van der Waals surface area contributed by atoms with E-state index in [1.54, 1.807) is 12.1 Å². The molecule has 19 heavy (non-hydrogen) atoms. The van der Waals surface area contributed by atoms with Gasteiger partial charge in [-0.2, -0.15) is 0 Å². The van der Waals surface area contributed by atoms with Crippen molar-refractivity contribution in [2.24, 2.45) is 5.73 Å². The summed E-state index contributed by atoms with van der Waals surface area (Å²) in [6.45, 7) is 1.22. The Bertz CT molecular complexity index is 514. The van der Waals surface area contributed by atoms with Gasteiger partial charge in [0, 0.05) is 18.7 Å². The zero-order chi connectivity index (χ0) is 13.8. The van der Waals surface area contributed by atoms with Crippen LogP contribution in [-0.2, 0) is 6.42 Å². The molecule has 0 radical (unpaired) electrons. The Hall–Kier alpha value is -1.88. The van der Waals surface area contributed by atoms with E-state index in [9.17, 15) is 9.18 Å². The highest BCUT2D eigenvalue weighted by Crippen LogP contribution is 2.25. The highest BCUT2D eigenvalue weighted by molar-refractivity contribution is 5.71. The maximum atomic E-state index is 14.0. The minimum Gasteiger partial charge on any atom is -0.465 e. The molecule has 1 aromatic carbocycles. The third-order valence-corrected chi connectivity index (χ3v) is 3.29. The summed E-state index contributed by atoms with van der Waals surface area (Å²) >= 11 is 0. The van der Waals surface area contributed by atoms with Crippen molar-refractivity contribution in [2.75, 3.05) is 19.6 Å². The largest absolute Gasteiger partial charge is 0.465 e. The van der Waals surface area contributed by atoms with E-state index in [-0.39, 0.29) is 5.82 Å². The van der Waals surface area contributed by atoms with Crippen LogP contribution in [0.1, 0.15) is 17.5 Å². The summed E-state index contributed by atoms with van der Waals surface area (Å²) in [5, 5.41) is 8.86. The first kappa shape index (κ1) is 13.5. The van der Waals surface area contributed by atoms with E-state index in [0.29, 0.717) is 38.0 Å². The SMILES string of the molecule is NCCc1ccc(C2=CCN(C(=O)O)CC2)c(F)c1. The third kappa shape index (κ3) is 3.12. The molecule has 2 rings (SSSR count). The fourth-order valence-electron chi connectivity index (χ4n) is 2.23. The smallest absolute Gasteiger partial charge is 0.407 e. The van der Waals surface area contributed by atoms with Gasteiger partial charge in [0.25, 0.3) is 0 Å². The Labute approximate surface area is 111 Å². The monoisotopic (exact) mass is 264 g/mol. The predicted molar refractivity (Wildman–Crippen MR) is 71.4 cm³/mol. The molecule has 1 amide bonds. The number of carbonyl (C=O) groups is 1. The minimum atomic E-state index is -0.936. The fraction of sp³-hybridized carbons (Fsp3) is 0.357. The molecule has 1 aromatic rings. The van der Waals surface area contributed by atoms with Crippen molar-refractivity contribution >= 4 is 11.7 Å². The summed E-state index contributed by atoms with van der Waals surface area (Å²) < 4.78 is 14.0. The number of halogens is 1. The Morgan fingerprint density at radius 2 is 2.26 bits per heavy atom. The van der Waals surface area contributed by atoms with Crippen molar-refractivity contribution in [1.82, 2.24) is 4.90 Å². The number of nitrogens with two attached hydrogens (primary N) is 1. The van der Waals surface area contributed by atoms with Gasteiger partial charge in [0.1, 0.15) is 5.82 Å². The second-order valence-corrected chi connectivity index (χ2v) is 4.56. The Morgan fingerprint density at radius 3 is 2.79 bits per heavy atom. The van der Waals surface area contributed by atoms with Crippen molar-refractivity contribution < 1.29 is 14.3 Å². The van der Waals surface area contributed by atoms with Gasteiger partial charge in [0.2, 0.25) is 0 Å². The number of hydrogen-bond acceptors (Lipinski definition) is 2. The molecule has 0 aromatic heterocycles. The van der Waals surface area contributed by atoms with Crippen LogP contribution in [0.4, 0.5) is 9.18 Å². The highest BCUT2D eigenvalue weighted by Gasteiger charge is 2.18. The van der Waals surface area contributed by atoms with Crippen molar-refractivity contribution in [3.05, 3.63) is 41.2 Å². The molecular weight excluding hydrogens is 247 g/mol. The first-order valence-electron chi connectivity index (χ1n) is 6.27. The predicted octanol–water partition coefficient (Wildman–Crippen LogP) is 2.09. The molecule has 0 unspecified atom stereocenters. The Balaban J connectivity index is 2.17. The van der Waals surface area contributed by atoms with Gasteiger partial charge in [-0.15, -0.1) is 0 Å². The highest BCUT2D eigenvalue weighted by atomic mass is 19.1. The molecule has 0 aliphatic carbocycles. The second-order valence-electron chi connectivity index (χ2n) is 4.56. The summed E-state index contributed by atoms with van der Waals surface area (Å²) in [7, 11) is 0. The third-order valence-electron chi connectivity index (χ3n) is 3.29. The van der Waals surface area contributed by atoms with Gasteiger partial charge in [0.15, 0.2) is 0 Å². The zero-order valence-electron chi connectivity index (χ0n) is 10.6.